The number of thioether (sulfide) groups is 1. The van der Waals surface area contributed by atoms with E-state index in [4.69, 9.17) is 0 Å². The van der Waals surface area contributed by atoms with Gasteiger partial charge in [-0.05, 0) is 54.1 Å². The predicted octanol–water partition coefficient (Wildman–Crippen LogP) is 4.56. The summed E-state index contributed by atoms with van der Waals surface area (Å²) in [5.74, 6) is -0.0874. The SMILES string of the molecule is CC(=O)Nc1ccc(NC(=O)CSc2ccc(NC(=O)Cc3ccccc3)cc2)cc1. The van der Waals surface area contributed by atoms with Gasteiger partial charge >= 0.3 is 0 Å². The number of carbonyl (C=O) groups is 3. The number of carbonyl (C=O) groups excluding carboxylic acids is 3. The Morgan fingerprint density at radius 1 is 0.677 bits per heavy atom. The number of anilines is 3. The summed E-state index contributed by atoms with van der Waals surface area (Å²) in [7, 11) is 0. The first-order valence-electron chi connectivity index (χ1n) is 9.72. The fourth-order valence-corrected chi connectivity index (χ4v) is 3.51. The summed E-state index contributed by atoms with van der Waals surface area (Å²) in [6, 6.07) is 23.9. The van der Waals surface area contributed by atoms with E-state index in [-0.39, 0.29) is 23.5 Å². The Kier molecular flexibility index (Phi) is 7.84. The first kappa shape index (κ1) is 22.1. The number of rotatable bonds is 8. The van der Waals surface area contributed by atoms with Crippen LogP contribution in [0.1, 0.15) is 12.5 Å². The Morgan fingerprint density at radius 3 is 1.77 bits per heavy atom. The minimum Gasteiger partial charge on any atom is -0.326 e. The van der Waals surface area contributed by atoms with E-state index in [0.29, 0.717) is 23.5 Å². The quantitative estimate of drug-likeness (QED) is 0.455. The lowest BCUT2D eigenvalue weighted by molar-refractivity contribution is -0.116. The number of hydrogen-bond acceptors (Lipinski definition) is 4. The minimum atomic E-state index is -0.144. The highest BCUT2D eigenvalue weighted by atomic mass is 32.2. The van der Waals surface area contributed by atoms with E-state index in [1.807, 2.05) is 54.6 Å². The van der Waals surface area contributed by atoms with Crippen molar-refractivity contribution in [3.63, 3.8) is 0 Å². The molecule has 0 fully saturated rings. The van der Waals surface area contributed by atoms with Gasteiger partial charge in [0.15, 0.2) is 0 Å². The first-order chi connectivity index (χ1) is 15.0. The van der Waals surface area contributed by atoms with Crippen molar-refractivity contribution in [2.45, 2.75) is 18.2 Å². The third-order valence-electron chi connectivity index (χ3n) is 4.20. The summed E-state index contributed by atoms with van der Waals surface area (Å²) in [5, 5.41) is 8.38. The molecule has 0 bridgehead atoms. The standard InChI is InChI=1S/C24H23N3O3S/c1-17(28)25-19-7-9-20(10-8-19)27-24(30)16-31-22-13-11-21(12-14-22)26-23(29)15-18-5-3-2-4-6-18/h2-14H,15-16H2,1H3,(H,25,28)(H,26,29)(H,27,30). The Bertz CT molecular complexity index is 1040. The zero-order chi connectivity index (χ0) is 22.1. The number of amides is 3. The van der Waals surface area contributed by atoms with E-state index in [2.05, 4.69) is 16.0 Å². The Hall–Kier alpha value is -3.58. The van der Waals surface area contributed by atoms with Crippen molar-refractivity contribution in [1.29, 1.82) is 0 Å². The Morgan fingerprint density at radius 2 is 1.19 bits per heavy atom. The molecule has 3 N–H and O–H groups in total. The topological polar surface area (TPSA) is 87.3 Å². The second-order valence-electron chi connectivity index (χ2n) is 6.83. The fourth-order valence-electron chi connectivity index (χ4n) is 2.81. The molecule has 3 amide bonds. The number of benzene rings is 3. The summed E-state index contributed by atoms with van der Waals surface area (Å²) in [6.45, 7) is 1.44. The average molecular weight is 434 g/mol. The average Bonchev–Trinajstić information content (AvgIpc) is 2.75. The minimum absolute atomic E-state index is 0.0736. The highest BCUT2D eigenvalue weighted by Gasteiger charge is 2.06. The van der Waals surface area contributed by atoms with Crippen molar-refractivity contribution >= 4 is 46.5 Å². The molecule has 0 saturated carbocycles. The molecule has 0 aliphatic heterocycles. The van der Waals surface area contributed by atoms with Crippen LogP contribution in [-0.4, -0.2) is 23.5 Å². The monoisotopic (exact) mass is 433 g/mol. The van der Waals surface area contributed by atoms with Crippen LogP contribution in [0.5, 0.6) is 0 Å². The number of hydrogen-bond donors (Lipinski definition) is 3. The van der Waals surface area contributed by atoms with E-state index in [0.717, 1.165) is 10.5 Å². The molecule has 0 aromatic heterocycles. The second kappa shape index (κ2) is 11.0. The van der Waals surface area contributed by atoms with Gasteiger partial charge in [-0.2, -0.15) is 0 Å². The Balaban J connectivity index is 1.43. The molecule has 31 heavy (non-hydrogen) atoms. The van der Waals surface area contributed by atoms with Crippen molar-refractivity contribution in [2.75, 3.05) is 21.7 Å². The van der Waals surface area contributed by atoms with Crippen LogP contribution in [0.2, 0.25) is 0 Å². The van der Waals surface area contributed by atoms with Crippen molar-refractivity contribution in [2.24, 2.45) is 0 Å². The van der Waals surface area contributed by atoms with Crippen molar-refractivity contribution in [3.05, 3.63) is 84.4 Å². The normalized spacial score (nSPS) is 10.2. The molecule has 0 aliphatic rings. The van der Waals surface area contributed by atoms with Gasteiger partial charge in [-0.1, -0.05) is 30.3 Å². The molecule has 6 nitrogen and oxygen atoms in total. The molecular formula is C24H23N3O3S. The largest absolute Gasteiger partial charge is 0.326 e. The zero-order valence-corrected chi connectivity index (χ0v) is 17.9. The second-order valence-corrected chi connectivity index (χ2v) is 7.88. The maximum absolute atomic E-state index is 12.2. The summed E-state index contributed by atoms with van der Waals surface area (Å²) < 4.78 is 0. The third-order valence-corrected chi connectivity index (χ3v) is 5.22. The fraction of sp³-hybridized carbons (Fsp3) is 0.125. The van der Waals surface area contributed by atoms with Crippen molar-refractivity contribution in [1.82, 2.24) is 0 Å². The molecule has 0 saturated heterocycles. The number of nitrogens with one attached hydrogen (secondary N) is 3. The molecule has 3 aromatic carbocycles. The summed E-state index contributed by atoms with van der Waals surface area (Å²) in [5.41, 5.74) is 3.02. The molecule has 158 valence electrons. The van der Waals surface area contributed by atoms with E-state index in [9.17, 15) is 14.4 Å². The van der Waals surface area contributed by atoms with Gasteiger partial charge in [0.05, 0.1) is 12.2 Å². The molecule has 0 spiro atoms. The van der Waals surface area contributed by atoms with Gasteiger partial charge < -0.3 is 16.0 Å². The molecule has 7 heteroatoms. The molecule has 3 rings (SSSR count). The molecule has 3 aromatic rings. The van der Waals surface area contributed by atoms with Crippen LogP contribution in [-0.2, 0) is 20.8 Å². The first-order valence-corrected chi connectivity index (χ1v) is 10.7. The molecule has 0 heterocycles. The van der Waals surface area contributed by atoms with Crippen molar-refractivity contribution < 1.29 is 14.4 Å². The highest BCUT2D eigenvalue weighted by Crippen LogP contribution is 2.21. The molecular weight excluding hydrogens is 410 g/mol. The lowest BCUT2D eigenvalue weighted by atomic mass is 10.1. The molecule has 0 radical (unpaired) electrons. The lowest BCUT2D eigenvalue weighted by Gasteiger charge is -2.08. The summed E-state index contributed by atoms with van der Waals surface area (Å²) >= 11 is 1.41. The van der Waals surface area contributed by atoms with Gasteiger partial charge in [0, 0.05) is 28.9 Å². The van der Waals surface area contributed by atoms with Gasteiger partial charge in [0.25, 0.3) is 0 Å². The van der Waals surface area contributed by atoms with E-state index in [1.54, 1.807) is 24.3 Å². The van der Waals surface area contributed by atoms with Crippen LogP contribution >= 0.6 is 11.8 Å². The maximum atomic E-state index is 12.2. The van der Waals surface area contributed by atoms with Gasteiger partial charge in [0.1, 0.15) is 0 Å². The van der Waals surface area contributed by atoms with Crippen LogP contribution in [0.4, 0.5) is 17.1 Å². The molecule has 0 unspecified atom stereocenters. The van der Waals surface area contributed by atoms with Crippen LogP contribution in [0.3, 0.4) is 0 Å². The third kappa shape index (κ3) is 7.64. The highest BCUT2D eigenvalue weighted by molar-refractivity contribution is 8.00. The predicted molar refractivity (Wildman–Crippen MR) is 125 cm³/mol. The maximum Gasteiger partial charge on any atom is 0.234 e. The summed E-state index contributed by atoms with van der Waals surface area (Å²) in [4.78, 5) is 36.3. The molecule has 0 atom stereocenters. The van der Waals surface area contributed by atoms with Gasteiger partial charge in [-0.25, -0.2) is 0 Å². The zero-order valence-electron chi connectivity index (χ0n) is 17.1. The van der Waals surface area contributed by atoms with Crippen molar-refractivity contribution in [3.8, 4) is 0 Å². The van der Waals surface area contributed by atoms with Crippen LogP contribution in [0.25, 0.3) is 0 Å². The van der Waals surface area contributed by atoms with E-state index in [1.165, 1.54) is 18.7 Å². The van der Waals surface area contributed by atoms with E-state index < -0.39 is 0 Å². The van der Waals surface area contributed by atoms with Crippen LogP contribution < -0.4 is 16.0 Å². The van der Waals surface area contributed by atoms with Gasteiger partial charge in [-0.15, -0.1) is 11.8 Å². The lowest BCUT2D eigenvalue weighted by Crippen LogP contribution is -2.14. The van der Waals surface area contributed by atoms with Gasteiger partial charge in [-0.3, -0.25) is 14.4 Å². The molecule has 0 aliphatic carbocycles. The van der Waals surface area contributed by atoms with E-state index >= 15 is 0 Å². The van der Waals surface area contributed by atoms with Crippen LogP contribution in [0, 0.1) is 0 Å². The smallest absolute Gasteiger partial charge is 0.234 e. The summed E-state index contributed by atoms with van der Waals surface area (Å²) in [6.07, 6.45) is 0.323. The van der Waals surface area contributed by atoms with Gasteiger partial charge in [0.2, 0.25) is 17.7 Å². The van der Waals surface area contributed by atoms with Crippen LogP contribution in [0.15, 0.2) is 83.8 Å². The Labute approximate surface area is 185 Å².